The molecule has 0 aliphatic carbocycles. The first-order chi connectivity index (χ1) is 10.5. The molecule has 126 valence electrons. The summed E-state index contributed by atoms with van der Waals surface area (Å²) in [6, 6.07) is 3.01. The molecule has 4 nitrogen and oxygen atoms in total. The second kappa shape index (κ2) is 5.19. The van der Waals surface area contributed by atoms with Crippen LogP contribution in [-0.4, -0.2) is 36.5 Å². The smallest absolute Gasteiger partial charge is 0.399 e. The van der Waals surface area contributed by atoms with Crippen molar-refractivity contribution >= 4 is 12.6 Å². The van der Waals surface area contributed by atoms with E-state index >= 15 is 0 Å². The minimum atomic E-state index is -4.57. The van der Waals surface area contributed by atoms with Crippen LogP contribution >= 0.6 is 0 Å². The van der Waals surface area contributed by atoms with Crippen molar-refractivity contribution in [3.05, 3.63) is 23.5 Å². The zero-order chi connectivity index (χ0) is 17.0. The van der Waals surface area contributed by atoms with Gasteiger partial charge in [-0.25, -0.2) is 4.98 Å². The Morgan fingerprint density at radius 3 is 2.09 bits per heavy atom. The van der Waals surface area contributed by atoms with Gasteiger partial charge in [0.1, 0.15) is 5.69 Å². The lowest BCUT2D eigenvalue weighted by Gasteiger charge is -2.32. The molecule has 0 unspecified atom stereocenters. The number of pyridine rings is 1. The lowest BCUT2D eigenvalue weighted by atomic mass is 9.77. The first-order valence-electron chi connectivity index (χ1n) is 7.53. The summed E-state index contributed by atoms with van der Waals surface area (Å²) in [7, 11) is -1.09. The third-order valence-electron chi connectivity index (χ3n) is 4.78. The van der Waals surface area contributed by atoms with E-state index in [0.717, 1.165) is 0 Å². The van der Waals surface area contributed by atoms with Gasteiger partial charge in [-0.05, 0) is 33.8 Å². The molecule has 1 aromatic heterocycles. The Bertz CT molecular complexity index is 598. The molecule has 0 spiro atoms. The number of rotatable bonds is 2. The number of hydrogen-bond donors (Lipinski definition) is 0. The first kappa shape index (κ1) is 16.7. The molecule has 2 fully saturated rings. The lowest BCUT2D eigenvalue weighted by Crippen LogP contribution is -2.41. The molecule has 0 saturated carbocycles. The molecule has 0 atom stereocenters. The molecular formula is C15H19BF3NO3. The highest BCUT2D eigenvalue weighted by Gasteiger charge is 2.54. The molecule has 0 radical (unpaired) electrons. The first-order valence-corrected chi connectivity index (χ1v) is 7.53. The average Bonchev–Trinajstić information content (AvgIpc) is 2.55. The van der Waals surface area contributed by atoms with Gasteiger partial charge in [0.2, 0.25) is 0 Å². The van der Waals surface area contributed by atoms with Gasteiger partial charge in [0.15, 0.2) is 0 Å². The number of hydrogen-bond acceptors (Lipinski definition) is 4. The minimum absolute atomic E-state index is 0.0801. The third-order valence-corrected chi connectivity index (χ3v) is 4.78. The monoisotopic (exact) mass is 329 g/mol. The van der Waals surface area contributed by atoms with Crippen LogP contribution in [0, 0.1) is 0 Å². The van der Waals surface area contributed by atoms with Crippen molar-refractivity contribution in [3.8, 4) is 0 Å². The van der Waals surface area contributed by atoms with E-state index in [-0.39, 0.29) is 11.4 Å². The van der Waals surface area contributed by atoms with E-state index in [9.17, 15) is 13.2 Å². The minimum Gasteiger partial charge on any atom is -0.399 e. The van der Waals surface area contributed by atoms with Gasteiger partial charge in [-0.3, -0.25) is 0 Å². The fourth-order valence-corrected chi connectivity index (χ4v) is 2.51. The molecule has 0 bridgehead atoms. The quantitative estimate of drug-likeness (QED) is 0.782. The van der Waals surface area contributed by atoms with E-state index in [2.05, 4.69) is 4.98 Å². The summed E-state index contributed by atoms with van der Waals surface area (Å²) in [5.41, 5.74) is -2.05. The molecule has 23 heavy (non-hydrogen) atoms. The normalized spacial score (nSPS) is 23.9. The van der Waals surface area contributed by atoms with Crippen molar-refractivity contribution in [2.24, 2.45) is 0 Å². The summed E-state index contributed by atoms with van der Waals surface area (Å²) in [5, 5.41) is 0. The van der Waals surface area contributed by atoms with E-state index in [1.165, 1.54) is 6.07 Å². The maximum atomic E-state index is 13.4. The van der Waals surface area contributed by atoms with Gasteiger partial charge in [0.05, 0.1) is 24.4 Å². The van der Waals surface area contributed by atoms with Crippen molar-refractivity contribution in [1.82, 2.24) is 4.98 Å². The van der Waals surface area contributed by atoms with Crippen LogP contribution in [0.4, 0.5) is 13.2 Å². The van der Waals surface area contributed by atoms with E-state index in [4.69, 9.17) is 14.0 Å². The Balaban J connectivity index is 1.99. The Hall–Kier alpha value is -1.12. The zero-order valence-electron chi connectivity index (χ0n) is 13.5. The highest BCUT2D eigenvalue weighted by Crippen LogP contribution is 2.38. The van der Waals surface area contributed by atoms with Crippen molar-refractivity contribution < 1.29 is 27.2 Å². The molecule has 0 aromatic carbocycles. The molecule has 3 rings (SSSR count). The van der Waals surface area contributed by atoms with E-state index in [1.54, 1.807) is 33.8 Å². The van der Waals surface area contributed by atoms with Crippen LogP contribution in [0.3, 0.4) is 0 Å². The standard InChI is InChI=1S/C15H19BF3NO3/c1-13(2)14(3,4)23-16(22-13)10-5-6-11(9-7-21-8-9)20-12(10)15(17,18)19/h5-6,9H,7-8H2,1-4H3. The fourth-order valence-electron chi connectivity index (χ4n) is 2.51. The lowest BCUT2D eigenvalue weighted by molar-refractivity contribution is -0.140. The topological polar surface area (TPSA) is 40.6 Å². The Morgan fingerprint density at radius 1 is 1.09 bits per heavy atom. The van der Waals surface area contributed by atoms with Crippen molar-refractivity contribution in [3.63, 3.8) is 0 Å². The largest absolute Gasteiger partial charge is 0.497 e. The number of nitrogens with zero attached hydrogens (tertiary/aromatic N) is 1. The highest BCUT2D eigenvalue weighted by atomic mass is 19.4. The van der Waals surface area contributed by atoms with E-state index in [0.29, 0.717) is 18.9 Å². The van der Waals surface area contributed by atoms with Crippen LogP contribution in [0.25, 0.3) is 0 Å². The summed E-state index contributed by atoms with van der Waals surface area (Å²) >= 11 is 0. The summed E-state index contributed by atoms with van der Waals surface area (Å²) in [6.45, 7) is 8.00. The third kappa shape index (κ3) is 2.88. The second-order valence-electron chi connectivity index (χ2n) is 6.99. The van der Waals surface area contributed by atoms with Crippen LogP contribution in [0.5, 0.6) is 0 Å². The van der Waals surface area contributed by atoms with Crippen LogP contribution in [0.2, 0.25) is 0 Å². The molecule has 0 N–H and O–H groups in total. The van der Waals surface area contributed by atoms with Gasteiger partial charge < -0.3 is 14.0 Å². The Morgan fingerprint density at radius 2 is 1.65 bits per heavy atom. The number of alkyl halides is 3. The predicted molar refractivity (Wildman–Crippen MR) is 78.5 cm³/mol. The maximum absolute atomic E-state index is 13.4. The summed E-state index contributed by atoms with van der Waals surface area (Å²) in [6.07, 6.45) is -4.57. The van der Waals surface area contributed by atoms with Crippen LogP contribution in [-0.2, 0) is 20.2 Å². The van der Waals surface area contributed by atoms with Gasteiger partial charge in [0, 0.05) is 17.1 Å². The van der Waals surface area contributed by atoms with Crippen molar-refractivity contribution in [1.29, 1.82) is 0 Å². The fraction of sp³-hybridized carbons (Fsp3) is 0.667. The maximum Gasteiger partial charge on any atom is 0.497 e. The molecule has 2 aliphatic heterocycles. The van der Waals surface area contributed by atoms with Crippen LogP contribution in [0.1, 0.15) is 45.0 Å². The van der Waals surface area contributed by atoms with Crippen molar-refractivity contribution in [2.45, 2.75) is 51.0 Å². The average molecular weight is 329 g/mol. The van der Waals surface area contributed by atoms with Gasteiger partial charge in [-0.15, -0.1) is 0 Å². The molecule has 2 saturated heterocycles. The van der Waals surface area contributed by atoms with E-state index < -0.39 is 30.2 Å². The molecule has 3 heterocycles. The zero-order valence-corrected chi connectivity index (χ0v) is 13.5. The van der Waals surface area contributed by atoms with E-state index in [1.807, 2.05) is 0 Å². The predicted octanol–water partition coefficient (Wildman–Crippen LogP) is 2.51. The molecule has 0 amide bonds. The van der Waals surface area contributed by atoms with Crippen LogP contribution in [0.15, 0.2) is 12.1 Å². The highest BCUT2D eigenvalue weighted by molar-refractivity contribution is 6.62. The number of halogens is 3. The van der Waals surface area contributed by atoms with Gasteiger partial charge in [-0.1, -0.05) is 6.07 Å². The summed E-state index contributed by atoms with van der Waals surface area (Å²) in [4.78, 5) is 3.84. The number of aromatic nitrogens is 1. The SMILES string of the molecule is CC1(C)OB(c2ccc(C3COC3)nc2C(F)(F)F)OC1(C)C. The van der Waals surface area contributed by atoms with Gasteiger partial charge in [0.25, 0.3) is 0 Å². The Labute approximate surface area is 133 Å². The molecular weight excluding hydrogens is 310 g/mol. The van der Waals surface area contributed by atoms with Gasteiger partial charge >= 0.3 is 13.3 Å². The molecule has 8 heteroatoms. The summed E-state index contributed by atoms with van der Waals surface area (Å²) < 4.78 is 56.9. The van der Waals surface area contributed by atoms with Crippen molar-refractivity contribution in [2.75, 3.05) is 13.2 Å². The summed E-state index contributed by atoms with van der Waals surface area (Å²) in [5.74, 6) is -0.0801. The van der Waals surface area contributed by atoms with Gasteiger partial charge in [-0.2, -0.15) is 13.2 Å². The molecule has 2 aliphatic rings. The number of ether oxygens (including phenoxy) is 1. The van der Waals surface area contributed by atoms with Crippen LogP contribution < -0.4 is 5.46 Å². The molecule has 1 aromatic rings. The second-order valence-corrected chi connectivity index (χ2v) is 6.99. The Kier molecular flexibility index (Phi) is 3.78.